The van der Waals surface area contributed by atoms with Crippen molar-refractivity contribution < 1.29 is 13.2 Å². The average molecular weight is 403 g/mol. The number of pyridine rings is 1. The summed E-state index contributed by atoms with van der Waals surface area (Å²) in [7, 11) is -1.73. The standard InChI is InChI=1S/C20H26N4O3S/c1-27-18-6-4-5-17(15-18)22-11-13-23(14-12-22)20-8-7-19(16-21-20)28(25,26)24-9-2-3-10-24/h4-8,15-16H,2-3,9-14H2,1H3. The number of hydrogen-bond acceptors (Lipinski definition) is 6. The third-order valence-electron chi connectivity index (χ3n) is 5.45. The SMILES string of the molecule is COc1cccc(N2CCN(c3ccc(S(=O)(=O)N4CCCC4)cn3)CC2)c1. The van der Waals surface area contributed by atoms with Crippen molar-refractivity contribution in [1.29, 1.82) is 0 Å². The van der Waals surface area contributed by atoms with Crippen molar-refractivity contribution in [1.82, 2.24) is 9.29 Å². The van der Waals surface area contributed by atoms with Crippen LogP contribution in [-0.2, 0) is 10.0 Å². The highest BCUT2D eigenvalue weighted by atomic mass is 32.2. The van der Waals surface area contributed by atoms with Crippen LogP contribution in [0.25, 0.3) is 0 Å². The molecule has 0 radical (unpaired) electrons. The van der Waals surface area contributed by atoms with E-state index in [2.05, 4.69) is 20.9 Å². The zero-order valence-corrected chi connectivity index (χ0v) is 16.9. The van der Waals surface area contributed by atoms with E-state index in [-0.39, 0.29) is 4.90 Å². The van der Waals surface area contributed by atoms with Crippen LogP contribution in [0.15, 0.2) is 47.5 Å². The Morgan fingerprint density at radius 2 is 1.64 bits per heavy atom. The molecule has 1 aromatic carbocycles. The first kappa shape index (κ1) is 19.0. The lowest BCUT2D eigenvalue weighted by atomic mass is 10.2. The normalized spacial score (nSPS) is 18.5. The Bertz CT molecular complexity index is 903. The lowest BCUT2D eigenvalue weighted by molar-refractivity contribution is 0.414. The van der Waals surface area contributed by atoms with Gasteiger partial charge in [-0.15, -0.1) is 0 Å². The van der Waals surface area contributed by atoms with E-state index in [1.807, 2.05) is 24.3 Å². The monoisotopic (exact) mass is 402 g/mol. The minimum absolute atomic E-state index is 0.285. The first-order valence-corrected chi connectivity index (χ1v) is 11.1. The van der Waals surface area contributed by atoms with E-state index in [0.29, 0.717) is 13.1 Å². The molecule has 0 amide bonds. The molecule has 0 saturated carbocycles. The van der Waals surface area contributed by atoms with Crippen molar-refractivity contribution >= 4 is 21.5 Å². The quantitative estimate of drug-likeness (QED) is 0.764. The third-order valence-corrected chi connectivity index (χ3v) is 7.33. The third kappa shape index (κ3) is 3.79. The maximum Gasteiger partial charge on any atom is 0.244 e. The Labute approximate surface area is 166 Å². The molecule has 2 saturated heterocycles. The first-order chi connectivity index (χ1) is 13.6. The number of piperazine rings is 1. The van der Waals surface area contributed by atoms with E-state index in [1.165, 1.54) is 6.20 Å². The minimum Gasteiger partial charge on any atom is -0.497 e. The van der Waals surface area contributed by atoms with Crippen LogP contribution in [0.5, 0.6) is 5.75 Å². The van der Waals surface area contributed by atoms with E-state index >= 15 is 0 Å². The Morgan fingerprint density at radius 3 is 2.29 bits per heavy atom. The highest BCUT2D eigenvalue weighted by Gasteiger charge is 2.27. The van der Waals surface area contributed by atoms with E-state index in [4.69, 9.17) is 4.74 Å². The summed E-state index contributed by atoms with van der Waals surface area (Å²) in [4.78, 5) is 9.25. The Hall–Kier alpha value is -2.32. The van der Waals surface area contributed by atoms with E-state index < -0.39 is 10.0 Å². The van der Waals surface area contributed by atoms with Gasteiger partial charge in [0.1, 0.15) is 16.5 Å². The summed E-state index contributed by atoms with van der Waals surface area (Å²) in [5.74, 6) is 1.68. The fourth-order valence-corrected chi connectivity index (χ4v) is 5.25. The van der Waals surface area contributed by atoms with Gasteiger partial charge in [-0.05, 0) is 37.1 Å². The van der Waals surface area contributed by atoms with Crippen LogP contribution < -0.4 is 14.5 Å². The molecule has 2 aliphatic heterocycles. The lowest BCUT2D eigenvalue weighted by Gasteiger charge is -2.36. The molecule has 4 rings (SSSR count). The molecule has 0 bridgehead atoms. The fourth-order valence-electron chi connectivity index (χ4n) is 3.79. The smallest absolute Gasteiger partial charge is 0.244 e. The van der Waals surface area contributed by atoms with Gasteiger partial charge < -0.3 is 14.5 Å². The van der Waals surface area contributed by atoms with Gasteiger partial charge in [-0.3, -0.25) is 0 Å². The molecule has 0 N–H and O–H groups in total. The van der Waals surface area contributed by atoms with Crippen molar-refractivity contribution in [3.8, 4) is 5.75 Å². The Kier molecular flexibility index (Phi) is 5.41. The number of aromatic nitrogens is 1. The number of rotatable bonds is 5. The highest BCUT2D eigenvalue weighted by molar-refractivity contribution is 7.89. The van der Waals surface area contributed by atoms with Crippen LogP contribution >= 0.6 is 0 Å². The second-order valence-electron chi connectivity index (χ2n) is 7.14. The predicted octanol–water partition coefficient (Wildman–Crippen LogP) is 2.20. The number of sulfonamides is 1. The molecule has 7 nitrogen and oxygen atoms in total. The van der Waals surface area contributed by atoms with Gasteiger partial charge in [0.25, 0.3) is 0 Å². The molecule has 0 atom stereocenters. The second-order valence-corrected chi connectivity index (χ2v) is 9.08. The molecule has 2 aromatic rings. The zero-order chi connectivity index (χ0) is 19.6. The second kappa shape index (κ2) is 7.97. The van der Waals surface area contributed by atoms with Crippen LogP contribution in [-0.4, -0.2) is 64.1 Å². The van der Waals surface area contributed by atoms with Crippen LogP contribution in [0, 0.1) is 0 Å². The molecule has 0 unspecified atom stereocenters. The van der Waals surface area contributed by atoms with Crippen molar-refractivity contribution in [2.24, 2.45) is 0 Å². The minimum atomic E-state index is -3.41. The Balaban J connectivity index is 1.41. The van der Waals surface area contributed by atoms with Gasteiger partial charge in [0.05, 0.1) is 7.11 Å². The molecule has 28 heavy (non-hydrogen) atoms. The number of benzene rings is 1. The van der Waals surface area contributed by atoms with Gasteiger partial charge in [-0.2, -0.15) is 4.31 Å². The van der Waals surface area contributed by atoms with Gasteiger partial charge in [0.15, 0.2) is 0 Å². The van der Waals surface area contributed by atoms with Gasteiger partial charge in [-0.1, -0.05) is 6.07 Å². The van der Waals surface area contributed by atoms with Crippen molar-refractivity contribution in [3.05, 3.63) is 42.6 Å². The topological polar surface area (TPSA) is 66.0 Å². The summed E-state index contributed by atoms with van der Waals surface area (Å²) in [5.41, 5.74) is 1.15. The van der Waals surface area contributed by atoms with Crippen molar-refractivity contribution in [2.45, 2.75) is 17.7 Å². The fraction of sp³-hybridized carbons (Fsp3) is 0.450. The molecule has 2 aliphatic rings. The summed E-state index contributed by atoms with van der Waals surface area (Å²) < 4.78 is 32.1. The number of methoxy groups -OCH3 is 1. The molecule has 2 fully saturated rings. The first-order valence-electron chi connectivity index (χ1n) is 9.68. The maximum atomic E-state index is 12.6. The molecule has 8 heteroatoms. The van der Waals surface area contributed by atoms with E-state index in [0.717, 1.165) is 56.3 Å². The predicted molar refractivity (Wildman–Crippen MR) is 110 cm³/mol. The maximum absolute atomic E-state index is 12.6. The van der Waals surface area contributed by atoms with Crippen LogP contribution in [0.1, 0.15) is 12.8 Å². The van der Waals surface area contributed by atoms with Gasteiger partial charge >= 0.3 is 0 Å². The number of hydrogen-bond donors (Lipinski definition) is 0. The van der Waals surface area contributed by atoms with E-state index in [9.17, 15) is 8.42 Å². The van der Waals surface area contributed by atoms with Gasteiger partial charge in [0, 0.05) is 57.2 Å². The molecule has 0 spiro atoms. The van der Waals surface area contributed by atoms with Crippen LogP contribution in [0.4, 0.5) is 11.5 Å². The number of anilines is 2. The summed E-state index contributed by atoms with van der Waals surface area (Å²) in [6.45, 7) is 4.64. The summed E-state index contributed by atoms with van der Waals surface area (Å²) in [6.07, 6.45) is 3.36. The van der Waals surface area contributed by atoms with Crippen molar-refractivity contribution in [3.63, 3.8) is 0 Å². The summed E-state index contributed by atoms with van der Waals surface area (Å²) in [6, 6.07) is 11.6. The largest absolute Gasteiger partial charge is 0.497 e. The zero-order valence-electron chi connectivity index (χ0n) is 16.1. The van der Waals surface area contributed by atoms with Gasteiger partial charge in [-0.25, -0.2) is 13.4 Å². The van der Waals surface area contributed by atoms with Crippen molar-refractivity contribution in [2.75, 3.05) is 56.2 Å². The average Bonchev–Trinajstić information content (AvgIpc) is 3.30. The molecule has 150 valence electrons. The lowest BCUT2D eigenvalue weighted by Crippen LogP contribution is -2.46. The summed E-state index contributed by atoms with van der Waals surface area (Å²) >= 11 is 0. The molecule has 1 aromatic heterocycles. The Morgan fingerprint density at radius 1 is 0.929 bits per heavy atom. The highest BCUT2D eigenvalue weighted by Crippen LogP contribution is 2.25. The van der Waals surface area contributed by atoms with E-state index in [1.54, 1.807) is 17.5 Å². The van der Waals surface area contributed by atoms with Crippen LogP contribution in [0.2, 0.25) is 0 Å². The summed E-state index contributed by atoms with van der Waals surface area (Å²) in [5, 5.41) is 0. The molecular weight excluding hydrogens is 376 g/mol. The molecular formula is C20H26N4O3S. The molecule has 3 heterocycles. The number of ether oxygens (including phenoxy) is 1. The molecule has 0 aliphatic carbocycles. The van der Waals surface area contributed by atoms with Crippen LogP contribution in [0.3, 0.4) is 0 Å². The van der Waals surface area contributed by atoms with Gasteiger partial charge in [0.2, 0.25) is 10.0 Å². The number of nitrogens with zero attached hydrogens (tertiary/aromatic N) is 4.